The third-order valence-electron chi connectivity index (χ3n) is 3.03. The zero-order valence-electron chi connectivity index (χ0n) is 11.0. The van der Waals surface area contributed by atoms with Gasteiger partial charge in [-0.15, -0.1) is 5.10 Å². The van der Waals surface area contributed by atoms with Gasteiger partial charge in [-0.3, -0.25) is 0 Å². The second-order valence-corrected chi connectivity index (χ2v) is 5.36. The topological polar surface area (TPSA) is 43.6 Å². The summed E-state index contributed by atoms with van der Waals surface area (Å²) in [6.07, 6.45) is 0. The van der Waals surface area contributed by atoms with Gasteiger partial charge in [0.1, 0.15) is 11.6 Å². The van der Waals surface area contributed by atoms with Gasteiger partial charge in [-0.25, -0.2) is 13.5 Å². The van der Waals surface area contributed by atoms with Crippen molar-refractivity contribution in [3.63, 3.8) is 0 Å². The van der Waals surface area contributed by atoms with E-state index in [0.29, 0.717) is 21.4 Å². The summed E-state index contributed by atoms with van der Waals surface area (Å²) in [6.45, 7) is -0.0330. The molecule has 0 fully saturated rings. The molecule has 0 bridgehead atoms. The Balaban J connectivity index is 2.02. The average Bonchev–Trinajstić information content (AvgIpc) is 2.93. The van der Waals surface area contributed by atoms with E-state index in [9.17, 15) is 8.78 Å². The summed E-state index contributed by atoms with van der Waals surface area (Å²) in [6, 6.07) is 8.05. The van der Waals surface area contributed by atoms with E-state index < -0.39 is 11.6 Å². The van der Waals surface area contributed by atoms with Crippen LogP contribution < -0.4 is 0 Å². The van der Waals surface area contributed by atoms with Crippen LogP contribution in [0.2, 0.25) is 10.0 Å². The number of rotatable bonds is 3. The van der Waals surface area contributed by atoms with E-state index in [2.05, 4.69) is 15.5 Å². The van der Waals surface area contributed by atoms with Crippen LogP contribution in [0.1, 0.15) is 5.56 Å². The minimum atomic E-state index is -0.542. The van der Waals surface area contributed by atoms with Crippen molar-refractivity contribution < 1.29 is 8.78 Å². The Morgan fingerprint density at radius 2 is 1.86 bits per heavy atom. The predicted octanol–water partition coefficient (Wildman–Crippen LogP) is 3.97. The van der Waals surface area contributed by atoms with Crippen molar-refractivity contribution in [1.82, 2.24) is 20.2 Å². The van der Waals surface area contributed by atoms with Crippen molar-refractivity contribution in [2.75, 3.05) is 0 Å². The molecule has 3 aromatic rings. The molecule has 0 saturated carbocycles. The Hall–Kier alpha value is -2.05. The molecule has 0 aliphatic rings. The molecule has 0 aliphatic carbocycles. The number of nitrogens with zero attached hydrogens (tertiary/aromatic N) is 4. The summed E-state index contributed by atoms with van der Waals surface area (Å²) in [7, 11) is 0. The van der Waals surface area contributed by atoms with Crippen LogP contribution in [0.5, 0.6) is 0 Å². The van der Waals surface area contributed by atoms with Crippen LogP contribution in [0, 0.1) is 11.6 Å². The van der Waals surface area contributed by atoms with Crippen molar-refractivity contribution in [1.29, 1.82) is 0 Å². The summed E-state index contributed by atoms with van der Waals surface area (Å²) in [5.74, 6) is -0.761. The molecule has 0 saturated heterocycles. The highest BCUT2D eigenvalue weighted by Crippen LogP contribution is 2.29. The average molecular weight is 341 g/mol. The van der Waals surface area contributed by atoms with Gasteiger partial charge >= 0.3 is 0 Å². The minimum absolute atomic E-state index is 0.0330. The third-order valence-corrected chi connectivity index (χ3v) is 3.59. The van der Waals surface area contributed by atoms with Crippen molar-refractivity contribution >= 4 is 23.2 Å². The third kappa shape index (κ3) is 2.93. The molecular weight excluding hydrogens is 333 g/mol. The molecule has 1 aromatic heterocycles. The predicted molar refractivity (Wildman–Crippen MR) is 78.7 cm³/mol. The van der Waals surface area contributed by atoms with Gasteiger partial charge < -0.3 is 0 Å². The second kappa shape index (κ2) is 5.98. The van der Waals surface area contributed by atoms with Crippen LogP contribution in [-0.2, 0) is 6.54 Å². The molecule has 22 heavy (non-hydrogen) atoms. The van der Waals surface area contributed by atoms with Crippen molar-refractivity contribution in [3.8, 4) is 11.4 Å². The van der Waals surface area contributed by atoms with Gasteiger partial charge in [0.05, 0.1) is 11.6 Å². The first-order chi connectivity index (χ1) is 10.5. The molecule has 0 aliphatic heterocycles. The van der Waals surface area contributed by atoms with Crippen LogP contribution in [0.3, 0.4) is 0 Å². The number of hydrogen-bond acceptors (Lipinski definition) is 3. The highest BCUT2D eigenvalue weighted by molar-refractivity contribution is 6.35. The largest absolute Gasteiger partial charge is 0.221 e. The van der Waals surface area contributed by atoms with Gasteiger partial charge in [0.25, 0.3) is 0 Å². The van der Waals surface area contributed by atoms with Gasteiger partial charge in [-0.05, 0) is 46.8 Å². The van der Waals surface area contributed by atoms with Crippen LogP contribution in [0.4, 0.5) is 8.78 Å². The van der Waals surface area contributed by atoms with Crippen LogP contribution in [0.15, 0.2) is 36.4 Å². The van der Waals surface area contributed by atoms with E-state index in [-0.39, 0.29) is 12.1 Å². The summed E-state index contributed by atoms with van der Waals surface area (Å²) in [5, 5.41) is 12.1. The highest BCUT2D eigenvalue weighted by Gasteiger charge is 2.15. The highest BCUT2D eigenvalue weighted by atomic mass is 35.5. The van der Waals surface area contributed by atoms with E-state index in [0.717, 1.165) is 18.2 Å². The minimum Gasteiger partial charge on any atom is -0.221 e. The Kier molecular flexibility index (Phi) is 4.04. The summed E-state index contributed by atoms with van der Waals surface area (Å²) in [4.78, 5) is 0. The number of aromatic nitrogens is 4. The summed E-state index contributed by atoms with van der Waals surface area (Å²) >= 11 is 12.1. The lowest BCUT2D eigenvalue weighted by Gasteiger charge is -2.07. The summed E-state index contributed by atoms with van der Waals surface area (Å²) < 4.78 is 28.3. The number of tetrazole rings is 1. The molecule has 0 unspecified atom stereocenters. The molecular formula is C14H8Cl2F2N4. The molecule has 8 heteroatoms. The molecule has 3 rings (SSSR count). The van der Waals surface area contributed by atoms with E-state index in [1.54, 1.807) is 18.2 Å². The van der Waals surface area contributed by atoms with E-state index in [1.807, 2.05) is 0 Å². The van der Waals surface area contributed by atoms with Crippen molar-refractivity contribution in [3.05, 3.63) is 63.6 Å². The van der Waals surface area contributed by atoms with Gasteiger partial charge in [0, 0.05) is 16.1 Å². The van der Waals surface area contributed by atoms with Gasteiger partial charge in [0.2, 0.25) is 0 Å². The van der Waals surface area contributed by atoms with Crippen LogP contribution >= 0.6 is 23.2 Å². The van der Waals surface area contributed by atoms with Crippen molar-refractivity contribution in [2.24, 2.45) is 0 Å². The normalized spacial score (nSPS) is 10.9. The molecule has 112 valence electrons. The Bertz CT molecular complexity index is 835. The molecule has 0 atom stereocenters. The lowest BCUT2D eigenvalue weighted by Crippen LogP contribution is -2.06. The fourth-order valence-corrected chi connectivity index (χ4v) is 2.37. The lowest BCUT2D eigenvalue weighted by atomic mass is 10.2. The second-order valence-electron chi connectivity index (χ2n) is 4.52. The molecule has 1 heterocycles. The maximum absolute atomic E-state index is 13.7. The first-order valence-corrected chi connectivity index (χ1v) is 6.95. The quantitative estimate of drug-likeness (QED) is 0.724. The van der Waals surface area contributed by atoms with E-state index in [1.165, 1.54) is 4.68 Å². The maximum atomic E-state index is 13.7. The van der Waals surface area contributed by atoms with Gasteiger partial charge in [0.15, 0.2) is 5.82 Å². The molecule has 4 nitrogen and oxygen atoms in total. The molecule has 0 spiro atoms. The van der Waals surface area contributed by atoms with Gasteiger partial charge in [-0.1, -0.05) is 23.2 Å². The molecule has 0 amide bonds. The molecule has 0 radical (unpaired) electrons. The number of benzene rings is 2. The Morgan fingerprint density at radius 1 is 1.05 bits per heavy atom. The maximum Gasteiger partial charge on any atom is 0.183 e. The van der Waals surface area contributed by atoms with Crippen LogP contribution in [-0.4, -0.2) is 20.2 Å². The number of hydrogen-bond donors (Lipinski definition) is 0. The number of halogens is 4. The Morgan fingerprint density at radius 3 is 2.68 bits per heavy atom. The van der Waals surface area contributed by atoms with Crippen molar-refractivity contribution in [2.45, 2.75) is 6.54 Å². The van der Waals surface area contributed by atoms with Gasteiger partial charge in [-0.2, -0.15) is 0 Å². The molecule has 2 aromatic carbocycles. The van der Waals surface area contributed by atoms with E-state index in [4.69, 9.17) is 23.2 Å². The molecule has 0 N–H and O–H groups in total. The van der Waals surface area contributed by atoms with Crippen LogP contribution in [0.25, 0.3) is 11.4 Å². The first kappa shape index (κ1) is 14.9. The Labute approximate surface area is 134 Å². The monoisotopic (exact) mass is 340 g/mol. The fourth-order valence-electron chi connectivity index (χ4n) is 2.00. The van der Waals surface area contributed by atoms with E-state index >= 15 is 0 Å². The fraction of sp³-hybridized carbons (Fsp3) is 0.0714. The summed E-state index contributed by atoms with van der Waals surface area (Å²) in [5.41, 5.74) is 0.641. The smallest absolute Gasteiger partial charge is 0.183 e. The SMILES string of the molecule is Fc1ccc(F)c(Cn2nnnc2-c2cc(Cl)ccc2Cl)c1. The standard InChI is InChI=1S/C14H8Cl2F2N4/c15-9-1-3-12(16)11(6-9)14-19-20-21-22(14)7-8-5-10(17)2-4-13(8)18/h1-6H,7H2. The lowest BCUT2D eigenvalue weighted by molar-refractivity contribution is 0.562. The first-order valence-electron chi connectivity index (χ1n) is 6.20. The zero-order chi connectivity index (χ0) is 15.7. The zero-order valence-corrected chi connectivity index (χ0v) is 12.5.